The summed E-state index contributed by atoms with van der Waals surface area (Å²) in [6, 6.07) is 7.74. The number of carbonyl (C=O) groups is 1. The highest BCUT2D eigenvalue weighted by molar-refractivity contribution is 6.30. The van der Waals surface area contributed by atoms with Crippen molar-refractivity contribution in [2.75, 3.05) is 19.6 Å². The summed E-state index contributed by atoms with van der Waals surface area (Å²) in [6.07, 6.45) is 2.16. The Hall–Kier alpha value is -0.860. The molecule has 1 heterocycles. The molecule has 0 amide bonds. The molecule has 0 aromatic heterocycles. The second kappa shape index (κ2) is 6.53. The first-order valence-corrected chi connectivity index (χ1v) is 7.51. The molecular formula is C16H22ClNO. The lowest BCUT2D eigenvalue weighted by Gasteiger charge is -2.34. The van der Waals surface area contributed by atoms with Crippen LogP contribution in [0.5, 0.6) is 0 Å². The van der Waals surface area contributed by atoms with E-state index in [1.54, 1.807) is 0 Å². The SMILES string of the molecule is CCC(C)C(=O)[C@@H](CN1CCC1)c1ccc(Cl)cc1. The van der Waals surface area contributed by atoms with Gasteiger partial charge in [0.1, 0.15) is 5.78 Å². The zero-order valence-corrected chi connectivity index (χ0v) is 12.5. The van der Waals surface area contributed by atoms with Crippen LogP contribution in [0.1, 0.15) is 38.2 Å². The van der Waals surface area contributed by atoms with Crippen LogP contribution >= 0.6 is 11.6 Å². The summed E-state index contributed by atoms with van der Waals surface area (Å²) < 4.78 is 0. The molecule has 19 heavy (non-hydrogen) atoms. The van der Waals surface area contributed by atoms with E-state index < -0.39 is 0 Å². The number of benzene rings is 1. The fourth-order valence-corrected chi connectivity index (χ4v) is 2.55. The van der Waals surface area contributed by atoms with Crippen molar-refractivity contribution >= 4 is 17.4 Å². The van der Waals surface area contributed by atoms with E-state index in [0.29, 0.717) is 5.78 Å². The van der Waals surface area contributed by atoms with Crippen LogP contribution < -0.4 is 0 Å². The molecule has 1 aliphatic heterocycles. The molecule has 104 valence electrons. The monoisotopic (exact) mass is 279 g/mol. The standard InChI is InChI=1S/C16H22ClNO/c1-3-12(2)16(19)15(11-18-9-4-10-18)13-5-7-14(17)8-6-13/h5-8,12,15H,3-4,9-11H2,1-2H3/t12?,15-/m0/s1. The fourth-order valence-electron chi connectivity index (χ4n) is 2.42. The molecule has 1 unspecified atom stereocenters. The first-order valence-electron chi connectivity index (χ1n) is 7.13. The minimum absolute atomic E-state index is 0.00693. The van der Waals surface area contributed by atoms with Crippen molar-refractivity contribution in [1.29, 1.82) is 0 Å². The molecule has 0 spiro atoms. The highest BCUT2D eigenvalue weighted by Gasteiger charge is 2.28. The number of carbonyl (C=O) groups excluding carboxylic acids is 1. The Kier molecular flexibility index (Phi) is 5.00. The lowest BCUT2D eigenvalue weighted by Crippen LogP contribution is -2.42. The summed E-state index contributed by atoms with van der Waals surface area (Å²) in [5, 5.41) is 0.724. The van der Waals surface area contributed by atoms with Crippen LogP contribution in [0.25, 0.3) is 0 Å². The average molecular weight is 280 g/mol. The van der Waals surface area contributed by atoms with E-state index in [-0.39, 0.29) is 11.8 Å². The molecule has 1 fully saturated rings. The van der Waals surface area contributed by atoms with Gasteiger partial charge in [0.2, 0.25) is 0 Å². The smallest absolute Gasteiger partial charge is 0.144 e. The van der Waals surface area contributed by atoms with E-state index in [2.05, 4.69) is 11.8 Å². The van der Waals surface area contributed by atoms with Gasteiger partial charge >= 0.3 is 0 Å². The van der Waals surface area contributed by atoms with Crippen molar-refractivity contribution < 1.29 is 4.79 Å². The molecule has 0 saturated carbocycles. The number of likely N-dealkylation sites (tertiary alicyclic amines) is 1. The molecule has 1 aromatic carbocycles. The Bertz CT molecular complexity index is 425. The zero-order chi connectivity index (χ0) is 13.8. The van der Waals surface area contributed by atoms with Crippen molar-refractivity contribution in [1.82, 2.24) is 4.90 Å². The van der Waals surface area contributed by atoms with Gasteiger partial charge in [-0.3, -0.25) is 4.79 Å². The van der Waals surface area contributed by atoms with Gasteiger partial charge in [-0.1, -0.05) is 37.6 Å². The van der Waals surface area contributed by atoms with Crippen LogP contribution in [0, 0.1) is 5.92 Å². The van der Waals surface area contributed by atoms with Crippen molar-refractivity contribution in [2.45, 2.75) is 32.6 Å². The first kappa shape index (κ1) is 14.5. The van der Waals surface area contributed by atoms with Gasteiger partial charge in [-0.2, -0.15) is 0 Å². The first-order chi connectivity index (χ1) is 9.11. The molecule has 2 nitrogen and oxygen atoms in total. The van der Waals surface area contributed by atoms with Gasteiger partial charge in [0.15, 0.2) is 0 Å². The van der Waals surface area contributed by atoms with Crippen LogP contribution in [0.2, 0.25) is 5.02 Å². The van der Waals surface area contributed by atoms with Gasteiger partial charge in [-0.25, -0.2) is 0 Å². The topological polar surface area (TPSA) is 20.3 Å². The molecule has 0 N–H and O–H groups in total. The number of hydrogen-bond acceptors (Lipinski definition) is 2. The van der Waals surface area contributed by atoms with Crippen LogP contribution in [0.4, 0.5) is 0 Å². The Morgan fingerprint density at radius 3 is 2.42 bits per heavy atom. The van der Waals surface area contributed by atoms with Crippen LogP contribution in [0.15, 0.2) is 24.3 Å². The van der Waals surface area contributed by atoms with Crippen molar-refractivity contribution in [3.63, 3.8) is 0 Å². The molecule has 1 aliphatic rings. The predicted octanol–water partition coefficient (Wildman–Crippen LogP) is 3.74. The second-order valence-corrected chi connectivity index (χ2v) is 5.91. The summed E-state index contributed by atoms with van der Waals surface area (Å²) in [6.45, 7) is 7.20. The van der Waals surface area contributed by atoms with E-state index in [0.717, 1.165) is 36.6 Å². The predicted molar refractivity (Wildman–Crippen MR) is 79.7 cm³/mol. The highest BCUT2D eigenvalue weighted by atomic mass is 35.5. The summed E-state index contributed by atoms with van der Waals surface area (Å²) >= 11 is 5.93. The maximum atomic E-state index is 12.6. The van der Waals surface area contributed by atoms with Gasteiger partial charge < -0.3 is 4.90 Å². The maximum absolute atomic E-state index is 12.6. The summed E-state index contributed by atoms with van der Waals surface area (Å²) in [4.78, 5) is 14.9. The van der Waals surface area contributed by atoms with E-state index >= 15 is 0 Å². The third kappa shape index (κ3) is 3.58. The Labute approximate surface area is 120 Å². The largest absolute Gasteiger partial charge is 0.302 e. The molecular weight excluding hydrogens is 258 g/mol. The molecule has 2 rings (SSSR count). The Balaban J connectivity index is 2.17. The van der Waals surface area contributed by atoms with Crippen molar-refractivity contribution in [2.24, 2.45) is 5.92 Å². The Morgan fingerprint density at radius 1 is 1.32 bits per heavy atom. The molecule has 0 bridgehead atoms. The van der Waals surface area contributed by atoms with E-state index in [9.17, 15) is 4.79 Å². The minimum Gasteiger partial charge on any atom is -0.302 e. The number of rotatable bonds is 6. The summed E-state index contributed by atoms with van der Waals surface area (Å²) in [7, 11) is 0. The molecule has 1 saturated heterocycles. The second-order valence-electron chi connectivity index (χ2n) is 5.47. The highest BCUT2D eigenvalue weighted by Crippen LogP contribution is 2.26. The maximum Gasteiger partial charge on any atom is 0.144 e. The third-order valence-corrected chi connectivity index (χ3v) is 4.36. The van der Waals surface area contributed by atoms with E-state index in [1.165, 1.54) is 6.42 Å². The fraction of sp³-hybridized carbons (Fsp3) is 0.562. The molecule has 0 aliphatic carbocycles. The normalized spacial score (nSPS) is 18.7. The quantitative estimate of drug-likeness (QED) is 0.790. The van der Waals surface area contributed by atoms with Crippen LogP contribution in [0.3, 0.4) is 0 Å². The number of halogens is 1. The van der Waals surface area contributed by atoms with Crippen molar-refractivity contribution in [3.05, 3.63) is 34.9 Å². The molecule has 0 radical (unpaired) electrons. The van der Waals surface area contributed by atoms with Gasteiger partial charge in [-0.05, 0) is 43.6 Å². The molecule has 2 atom stereocenters. The molecule has 3 heteroatoms. The number of hydrogen-bond donors (Lipinski definition) is 0. The van der Waals surface area contributed by atoms with Crippen LogP contribution in [-0.4, -0.2) is 30.3 Å². The van der Waals surface area contributed by atoms with Crippen LogP contribution in [-0.2, 0) is 4.79 Å². The van der Waals surface area contributed by atoms with Gasteiger partial charge in [0.05, 0.1) is 5.92 Å². The third-order valence-electron chi connectivity index (χ3n) is 4.10. The number of ketones is 1. The summed E-state index contributed by atoms with van der Waals surface area (Å²) in [5.41, 5.74) is 1.10. The lowest BCUT2D eigenvalue weighted by molar-refractivity contribution is -0.124. The van der Waals surface area contributed by atoms with Crippen molar-refractivity contribution in [3.8, 4) is 0 Å². The average Bonchev–Trinajstić information content (AvgIpc) is 2.37. The van der Waals surface area contributed by atoms with Gasteiger partial charge in [0.25, 0.3) is 0 Å². The van der Waals surface area contributed by atoms with E-state index in [4.69, 9.17) is 11.6 Å². The van der Waals surface area contributed by atoms with Gasteiger partial charge in [0, 0.05) is 17.5 Å². The Morgan fingerprint density at radius 2 is 1.95 bits per heavy atom. The number of Topliss-reactive ketones (excluding diaryl/α,β-unsaturated/α-hetero) is 1. The van der Waals surface area contributed by atoms with E-state index in [1.807, 2.05) is 31.2 Å². The zero-order valence-electron chi connectivity index (χ0n) is 11.7. The summed E-state index contributed by atoms with van der Waals surface area (Å²) in [5.74, 6) is 0.478. The molecule has 1 aromatic rings. The minimum atomic E-state index is -0.00693. The number of nitrogens with zero attached hydrogens (tertiary/aromatic N) is 1. The lowest BCUT2D eigenvalue weighted by atomic mass is 9.86. The van der Waals surface area contributed by atoms with Gasteiger partial charge in [-0.15, -0.1) is 0 Å².